The van der Waals surface area contributed by atoms with Gasteiger partial charge in [-0.2, -0.15) is 8.78 Å². The summed E-state index contributed by atoms with van der Waals surface area (Å²) >= 11 is 0. The maximum absolute atomic E-state index is 12.2. The van der Waals surface area contributed by atoms with Gasteiger partial charge in [-0.1, -0.05) is 24.3 Å². The smallest absolute Gasteiger partial charge is 0.387 e. The number of halogens is 2. The van der Waals surface area contributed by atoms with Gasteiger partial charge in [-0.3, -0.25) is 19.3 Å². The molecule has 0 saturated carbocycles. The van der Waals surface area contributed by atoms with Crippen LogP contribution >= 0.6 is 0 Å². The molecule has 2 aromatic rings. The van der Waals surface area contributed by atoms with Crippen molar-refractivity contribution in [2.45, 2.75) is 19.5 Å². The summed E-state index contributed by atoms with van der Waals surface area (Å²) < 4.78 is 33.5. The molecule has 0 aliphatic carbocycles. The third kappa shape index (κ3) is 4.51. The minimum absolute atomic E-state index is 0.00746. The second kappa shape index (κ2) is 8.60. The number of ether oxygens (including phenoxy) is 2. The first-order valence-corrected chi connectivity index (χ1v) is 8.60. The number of carbonyl (C=O) groups is 3. The molecule has 3 rings (SSSR count). The molecule has 0 unspecified atom stereocenters. The zero-order chi connectivity index (χ0) is 20.1. The van der Waals surface area contributed by atoms with Crippen LogP contribution in [0, 0.1) is 0 Å². The SMILES string of the molecule is O=C(Cc1ccc(OC(F)F)cc1)OCCCN1C(=O)c2ccccc2C1=O. The Morgan fingerprint density at radius 3 is 2.14 bits per heavy atom. The Labute approximate surface area is 159 Å². The summed E-state index contributed by atoms with van der Waals surface area (Å²) in [7, 11) is 0. The van der Waals surface area contributed by atoms with E-state index in [1.54, 1.807) is 24.3 Å². The van der Waals surface area contributed by atoms with Crippen LogP contribution in [0.25, 0.3) is 0 Å². The maximum Gasteiger partial charge on any atom is 0.387 e. The molecule has 0 saturated heterocycles. The number of alkyl halides is 2. The third-order valence-electron chi connectivity index (χ3n) is 4.16. The maximum atomic E-state index is 12.2. The topological polar surface area (TPSA) is 72.9 Å². The lowest BCUT2D eigenvalue weighted by Gasteiger charge is -2.13. The van der Waals surface area contributed by atoms with Gasteiger partial charge in [0.25, 0.3) is 11.8 Å². The van der Waals surface area contributed by atoms with E-state index in [1.807, 2.05) is 0 Å². The molecule has 2 amide bonds. The highest BCUT2D eigenvalue weighted by molar-refractivity contribution is 6.21. The number of carbonyl (C=O) groups excluding carboxylic acids is 3. The van der Waals surface area contributed by atoms with E-state index in [2.05, 4.69) is 4.74 Å². The number of hydrogen-bond acceptors (Lipinski definition) is 5. The third-order valence-corrected chi connectivity index (χ3v) is 4.16. The number of nitrogens with zero attached hydrogens (tertiary/aromatic N) is 1. The van der Waals surface area contributed by atoms with E-state index in [-0.39, 0.29) is 37.1 Å². The van der Waals surface area contributed by atoms with E-state index < -0.39 is 12.6 Å². The van der Waals surface area contributed by atoms with Gasteiger partial charge in [0.15, 0.2) is 0 Å². The molecule has 2 aromatic carbocycles. The number of esters is 1. The molecule has 0 spiro atoms. The van der Waals surface area contributed by atoms with Crippen LogP contribution in [-0.4, -0.2) is 42.4 Å². The largest absolute Gasteiger partial charge is 0.465 e. The van der Waals surface area contributed by atoms with E-state index in [0.717, 1.165) is 4.90 Å². The average molecular weight is 389 g/mol. The Bertz CT molecular complexity index is 847. The average Bonchev–Trinajstić information content (AvgIpc) is 2.91. The van der Waals surface area contributed by atoms with E-state index in [9.17, 15) is 23.2 Å². The molecule has 0 bridgehead atoms. The fourth-order valence-corrected chi connectivity index (χ4v) is 2.86. The van der Waals surface area contributed by atoms with Gasteiger partial charge in [0.05, 0.1) is 24.2 Å². The molecule has 0 radical (unpaired) electrons. The number of benzene rings is 2. The molecule has 146 valence electrons. The summed E-state index contributed by atoms with van der Waals surface area (Å²) in [4.78, 5) is 37.4. The monoisotopic (exact) mass is 389 g/mol. The molecule has 1 heterocycles. The second-order valence-electron chi connectivity index (χ2n) is 6.08. The predicted molar refractivity (Wildman–Crippen MR) is 94.2 cm³/mol. The van der Waals surface area contributed by atoms with Gasteiger partial charge in [-0.05, 0) is 36.2 Å². The van der Waals surface area contributed by atoms with Crippen LogP contribution in [0.1, 0.15) is 32.7 Å². The number of rotatable bonds is 8. The molecule has 0 aromatic heterocycles. The van der Waals surface area contributed by atoms with Gasteiger partial charge in [0.2, 0.25) is 0 Å². The van der Waals surface area contributed by atoms with Gasteiger partial charge >= 0.3 is 12.6 Å². The second-order valence-corrected chi connectivity index (χ2v) is 6.08. The lowest BCUT2D eigenvalue weighted by molar-refractivity contribution is -0.142. The van der Waals surface area contributed by atoms with Gasteiger partial charge in [0.1, 0.15) is 5.75 Å². The molecular weight excluding hydrogens is 372 g/mol. The minimum atomic E-state index is -2.90. The zero-order valence-electron chi connectivity index (χ0n) is 14.8. The van der Waals surface area contributed by atoms with Gasteiger partial charge in [-0.25, -0.2) is 0 Å². The molecule has 28 heavy (non-hydrogen) atoms. The van der Waals surface area contributed by atoms with Gasteiger partial charge < -0.3 is 9.47 Å². The molecule has 0 N–H and O–H groups in total. The first kappa shape index (κ1) is 19.5. The van der Waals surface area contributed by atoms with Crippen molar-refractivity contribution < 1.29 is 32.6 Å². The van der Waals surface area contributed by atoms with Crippen molar-refractivity contribution in [2.75, 3.05) is 13.2 Å². The summed E-state index contributed by atoms with van der Waals surface area (Å²) in [6.07, 6.45) is 0.292. The molecule has 1 aliphatic rings. The van der Waals surface area contributed by atoms with Crippen molar-refractivity contribution in [3.05, 3.63) is 65.2 Å². The van der Waals surface area contributed by atoms with Crippen molar-refractivity contribution in [1.29, 1.82) is 0 Å². The highest BCUT2D eigenvalue weighted by Crippen LogP contribution is 2.22. The Balaban J connectivity index is 1.41. The quantitative estimate of drug-likeness (QED) is 0.394. The normalized spacial score (nSPS) is 13.0. The van der Waals surface area contributed by atoms with Crippen LogP contribution in [0.15, 0.2) is 48.5 Å². The van der Waals surface area contributed by atoms with Crippen LogP contribution in [0.2, 0.25) is 0 Å². The Hall–Kier alpha value is -3.29. The van der Waals surface area contributed by atoms with Crippen molar-refractivity contribution >= 4 is 17.8 Å². The van der Waals surface area contributed by atoms with Crippen LogP contribution in [0.4, 0.5) is 8.78 Å². The number of amides is 2. The Kier molecular flexibility index (Phi) is 5.98. The van der Waals surface area contributed by atoms with E-state index in [1.165, 1.54) is 24.3 Å². The molecule has 0 atom stereocenters. The standard InChI is InChI=1S/C20H17F2NO5/c21-20(22)28-14-8-6-13(7-9-14)12-17(24)27-11-3-10-23-18(25)15-4-1-2-5-16(15)19(23)26/h1-2,4-9,20H,3,10-12H2. The fourth-order valence-electron chi connectivity index (χ4n) is 2.86. The van der Waals surface area contributed by atoms with Crippen molar-refractivity contribution in [2.24, 2.45) is 0 Å². The molecule has 1 aliphatic heterocycles. The van der Waals surface area contributed by atoms with Crippen LogP contribution in [-0.2, 0) is 16.0 Å². The van der Waals surface area contributed by atoms with E-state index in [4.69, 9.17) is 4.74 Å². The van der Waals surface area contributed by atoms with Gasteiger partial charge in [-0.15, -0.1) is 0 Å². The fraction of sp³-hybridized carbons (Fsp3) is 0.250. The predicted octanol–water partition coefficient (Wildman–Crippen LogP) is 3.06. The molecule has 8 heteroatoms. The Morgan fingerprint density at radius 1 is 0.964 bits per heavy atom. The summed E-state index contributed by atoms with van der Waals surface area (Å²) in [5.41, 5.74) is 1.35. The summed E-state index contributed by atoms with van der Waals surface area (Å²) in [5.74, 6) is -1.19. The van der Waals surface area contributed by atoms with Crippen molar-refractivity contribution in [3.63, 3.8) is 0 Å². The molecular formula is C20H17F2NO5. The summed E-state index contributed by atoms with van der Waals surface area (Å²) in [6.45, 7) is -2.70. The highest BCUT2D eigenvalue weighted by Gasteiger charge is 2.34. The first-order chi connectivity index (χ1) is 13.5. The zero-order valence-corrected chi connectivity index (χ0v) is 14.8. The van der Waals surface area contributed by atoms with Crippen molar-refractivity contribution in [1.82, 2.24) is 4.90 Å². The van der Waals surface area contributed by atoms with Crippen LogP contribution < -0.4 is 4.74 Å². The minimum Gasteiger partial charge on any atom is -0.465 e. The number of imide groups is 1. The Morgan fingerprint density at radius 2 is 1.57 bits per heavy atom. The summed E-state index contributed by atoms with van der Waals surface area (Å²) in [5, 5.41) is 0. The van der Waals surface area contributed by atoms with E-state index in [0.29, 0.717) is 23.1 Å². The first-order valence-electron chi connectivity index (χ1n) is 8.60. The lowest BCUT2D eigenvalue weighted by Crippen LogP contribution is -2.31. The number of fused-ring (bicyclic) bond motifs is 1. The molecule has 6 nitrogen and oxygen atoms in total. The van der Waals surface area contributed by atoms with Crippen LogP contribution in [0.5, 0.6) is 5.75 Å². The molecule has 0 fully saturated rings. The van der Waals surface area contributed by atoms with Crippen LogP contribution in [0.3, 0.4) is 0 Å². The van der Waals surface area contributed by atoms with Crippen molar-refractivity contribution in [3.8, 4) is 5.75 Å². The lowest BCUT2D eigenvalue weighted by atomic mass is 10.1. The van der Waals surface area contributed by atoms with E-state index >= 15 is 0 Å². The summed E-state index contributed by atoms with van der Waals surface area (Å²) in [6, 6.07) is 12.3. The number of hydrogen-bond donors (Lipinski definition) is 0. The highest BCUT2D eigenvalue weighted by atomic mass is 19.3. The van der Waals surface area contributed by atoms with Gasteiger partial charge in [0, 0.05) is 6.54 Å².